The number of rotatable bonds is 3. The van der Waals surface area contributed by atoms with Crippen LogP contribution in [0, 0.1) is 23.0 Å². The summed E-state index contributed by atoms with van der Waals surface area (Å²) in [7, 11) is 0. The number of hydrogen-bond donors (Lipinski definition) is 2. The molecular weight excluding hydrogens is 464 g/mol. The molecule has 0 spiro atoms. The fourth-order valence-electron chi connectivity index (χ4n) is 3.65. The van der Waals surface area contributed by atoms with Gasteiger partial charge in [-0.25, -0.2) is 18.6 Å². The number of nitriles is 1. The number of aromatic amines is 1. The van der Waals surface area contributed by atoms with Gasteiger partial charge in [0, 0.05) is 37.6 Å². The van der Waals surface area contributed by atoms with Gasteiger partial charge in [-0.1, -0.05) is 0 Å². The zero-order valence-electron chi connectivity index (χ0n) is 15.3. The van der Waals surface area contributed by atoms with E-state index in [1.54, 1.807) is 4.90 Å². The Morgan fingerprint density at radius 1 is 1.33 bits per heavy atom. The number of nitrogens with two attached hydrogens (primary N) is 1. The average molecular weight is 478 g/mol. The molecule has 154 valence electrons. The molecule has 1 fully saturated rings. The largest absolute Gasteiger partial charge is 0.438 e. The maximum Gasteiger partial charge on any atom is 0.405 e. The maximum atomic E-state index is 14.5. The van der Waals surface area contributed by atoms with Crippen molar-refractivity contribution in [3.05, 3.63) is 45.7 Å². The fourth-order valence-corrected chi connectivity index (χ4v) is 4.12. The summed E-state index contributed by atoms with van der Waals surface area (Å²) in [4.78, 5) is 22.0. The van der Waals surface area contributed by atoms with Crippen LogP contribution >= 0.6 is 15.9 Å². The summed E-state index contributed by atoms with van der Waals surface area (Å²) in [5, 5.41) is 16.6. The highest BCUT2D eigenvalue weighted by molar-refractivity contribution is 9.10. The van der Waals surface area contributed by atoms with Crippen LogP contribution in [-0.2, 0) is 10.3 Å². The first-order valence-corrected chi connectivity index (χ1v) is 9.63. The number of ether oxygens (including phenoxy) is 1. The van der Waals surface area contributed by atoms with Gasteiger partial charge in [0.25, 0.3) is 0 Å². The van der Waals surface area contributed by atoms with Gasteiger partial charge in [0.2, 0.25) is 5.95 Å². The number of fused-ring (bicyclic) bond motifs is 1. The molecule has 2 aromatic heterocycles. The van der Waals surface area contributed by atoms with Crippen LogP contribution in [0.4, 0.5) is 19.5 Å². The second kappa shape index (κ2) is 7.49. The number of nitrogens with zero attached hydrogens (tertiary/aromatic N) is 5. The van der Waals surface area contributed by atoms with Crippen molar-refractivity contribution < 1.29 is 18.3 Å². The lowest BCUT2D eigenvalue weighted by molar-refractivity contribution is -0.00940. The number of piperidine rings is 1. The summed E-state index contributed by atoms with van der Waals surface area (Å²) < 4.78 is 33.6. The highest BCUT2D eigenvalue weighted by atomic mass is 79.9. The Hall–Kier alpha value is -3.33. The van der Waals surface area contributed by atoms with Gasteiger partial charge >= 0.3 is 6.09 Å². The van der Waals surface area contributed by atoms with E-state index in [0.717, 1.165) is 12.1 Å². The number of anilines is 1. The van der Waals surface area contributed by atoms with Crippen molar-refractivity contribution in [1.82, 2.24) is 20.2 Å². The van der Waals surface area contributed by atoms with Crippen molar-refractivity contribution in [2.45, 2.75) is 18.4 Å². The van der Waals surface area contributed by atoms with Crippen LogP contribution in [0.3, 0.4) is 0 Å². The Balaban J connectivity index is 1.66. The minimum Gasteiger partial charge on any atom is -0.438 e. The van der Waals surface area contributed by atoms with Gasteiger partial charge in [-0.2, -0.15) is 15.3 Å². The van der Waals surface area contributed by atoms with Gasteiger partial charge in [0.15, 0.2) is 11.3 Å². The maximum absolute atomic E-state index is 14.5. The number of carbonyl (C=O) groups is 1. The number of nitrogens with one attached hydrogen (secondary N) is 1. The molecule has 3 heterocycles. The Morgan fingerprint density at radius 2 is 2.07 bits per heavy atom. The molecule has 12 heteroatoms. The van der Waals surface area contributed by atoms with Gasteiger partial charge in [-0.15, -0.1) is 0 Å². The van der Waals surface area contributed by atoms with Gasteiger partial charge < -0.3 is 15.4 Å². The summed E-state index contributed by atoms with van der Waals surface area (Å²) in [6.45, 7) is 0.547. The van der Waals surface area contributed by atoms with Gasteiger partial charge in [0.05, 0.1) is 5.39 Å². The topological polar surface area (TPSA) is 134 Å². The van der Waals surface area contributed by atoms with Crippen molar-refractivity contribution >= 4 is 39.0 Å². The van der Waals surface area contributed by atoms with Gasteiger partial charge in [-0.05, 0) is 28.1 Å². The number of carbonyl (C=O) groups excluding carboxylic acids is 1. The smallest absolute Gasteiger partial charge is 0.405 e. The molecule has 0 unspecified atom stereocenters. The quantitative estimate of drug-likeness (QED) is 0.591. The first-order valence-electron chi connectivity index (χ1n) is 8.83. The molecule has 4 rings (SSSR count). The number of H-pyrrole nitrogens is 1. The van der Waals surface area contributed by atoms with E-state index in [9.17, 15) is 18.8 Å². The minimum atomic E-state index is -1.35. The third-order valence-corrected chi connectivity index (χ3v) is 5.62. The van der Waals surface area contributed by atoms with Crippen LogP contribution in [0.5, 0.6) is 0 Å². The van der Waals surface area contributed by atoms with Crippen LogP contribution < -0.4 is 10.6 Å². The summed E-state index contributed by atoms with van der Waals surface area (Å²) in [6, 6.07) is 5.11. The molecule has 1 aliphatic heterocycles. The van der Waals surface area contributed by atoms with Crippen LogP contribution in [0.25, 0.3) is 11.0 Å². The molecule has 0 bridgehead atoms. The van der Waals surface area contributed by atoms with Crippen LogP contribution in [0.1, 0.15) is 24.1 Å². The Bertz CT molecular complexity index is 1190. The number of amides is 1. The van der Waals surface area contributed by atoms with Crippen LogP contribution in [0.15, 0.2) is 22.8 Å². The molecule has 3 aromatic rings. The third kappa shape index (κ3) is 3.41. The molecule has 30 heavy (non-hydrogen) atoms. The van der Waals surface area contributed by atoms with E-state index in [1.807, 2.05) is 6.07 Å². The predicted octanol–water partition coefficient (Wildman–Crippen LogP) is 2.86. The number of benzene rings is 1. The van der Waals surface area contributed by atoms with Crippen molar-refractivity contribution in [3.63, 3.8) is 0 Å². The molecular formula is C18H14BrF2N7O2. The number of hydrogen-bond acceptors (Lipinski definition) is 7. The molecule has 9 nitrogen and oxygen atoms in total. The lowest BCUT2D eigenvalue weighted by Gasteiger charge is -2.41. The minimum absolute atomic E-state index is 0.0499. The standard InChI is InChI=1S/C18H14BrF2N7O2/c19-14-13-12(8-22)24-17(25-15(13)27-26-14)28-5-3-18(4-6-28,30-16(23)29)10-2-1-9(20)7-11(10)21/h1-2,7H,3-6H2,(H2,23,29)(H,24,25,26,27). The summed E-state index contributed by atoms with van der Waals surface area (Å²) >= 11 is 3.24. The average Bonchev–Trinajstić information content (AvgIpc) is 3.08. The van der Waals surface area contributed by atoms with Gasteiger partial charge in [0.1, 0.15) is 27.9 Å². The highest BCUT2D eigenvalue weighted by Crippen LogP contribution is 2.39. The van der Waals surface area contributed by atoms with Crippen molar-refractivity contribution in [3.8, 4) is 6.07 Å². The normalized spacial score (nSPS) is 15.7. The number of halogens is 3. The SMILES string of the molecule is N#Cc1nc(N2CCC(OC(N)=O)(c3ccc(F)cc3F)CC2)nc2[nH]nc(Br)c12. The van der Waals surface area contributed by atoms with E-state index in [2.05, 4.69) is 36.1 Å². The molecule has 0 saturated carbocycles. The van der Waals surface area contributed by atoms with E-state index >= 15 is 0 Å². The van der Waals surface area contributed by atoms with E-state index in [0.29, 0.717) is 15.6 Å². The molecule has 1 saturated heterocycles. The molecule has 0 aliphatic carbocycles. The van der Waals surface area contributed by atoms with Crippen LogP contribution in [-0.4, -0.2) is 39.3 Å². The molecule has 1 aliphatic rings. The molecule has 1 aromatic carbocycles. The second-order valence-electron chi connectivity index (χ2n) is 6.75. The van der Waals surface area contributed by atoms with Crippen molar-refractivity contribution in [2.75, 3.05) is 18.0 Å². The highest BCUT2D eigenvalue weighted by Gasteiger charge is 2.42. The van der Waals surface area contributed by atoms with Crippen LogP contribution in [0.2, 0.25) is 0 Å². The first-order chi connectivity index (χ1) is 14.3. The van der Waals surface area contributed by atoms with Gasteiger partial charge in [-0.3, -0.25) is 5.10 Å². The Kier molecular flexibility index (Phi) is 4.98. The molecule has 3 N–H and O–H groups in total. The molecule has 0 radical (unpaired) electrons. The predicted molar refractivity (Wildman–Crippen MR) is 104 cm³/mol. The monoisotopic (exact) mass is 477 g/mol. The zero-order valence-corrected chi connectivity index (χ0v) is 16.9. The third-order valence-electron chi connectivity index (χ3n) is 5.04. The van der Waals surface area contributed by atoms with E-state index in [1.165, 1.54) is 6.07 Å². The fraction of sp³-hybridized carbons (Fsp3) is 0.278. The summed E-state index contributed by atoms with van der Waals surface area (Å²) in [6.07, 6.45) is -0.734. The summed E-state index contributed by atoms with van der Waals surface area (Å²) in [5.74, 6) is -1.28. The van der Waals surface area contributed by atoms with Crippen molar-refractivity contribution in [1.29, 1.82) is 5.26 Å². The molecule has 0 atom stereocenters. The molecule has 1 amide bonds. The van der Waals surface area contributed by atoms with E-state index < -0.39 is 23.3 Å². The number of aromatic nitrogens is 4. The lowest BCUT2D eigenvalue weighted by atomic mass is 9.83. The second-order valence-corrected chi connectivity index (χ2v) is 7.50. The van der Waals surface area contributed by atoms with Crippen molar-refractivity contribution in [2.24, 2.45) is 5.73 Å². The zero-order chi connectivity index (χ0) is 21.5. The van der Waals surface area contributed by atoms with E-state index in [4.69, 9.17) is 10.5 Å². The lowest BCUT2D eigenvalue weighted by Crippen LogP contribution is -2.47. The number of primary amides is 1. The Labute approximate surface area is 177 Å². The summed E-state index contributed by atoms with van der Waals surface area (Å²) in [5.41, 5.74) is 4.46. The first kappa shape index (κ1) is 20.0. The van der Waals surface area contributed by atoms with E-state index in [-0.39, 0.29) is 43.1 Å². The Morgan fingerprint density at radius 3 is 2.70 bits per heavy atom.